The van der Waals surface area contributed by atoms with E-state index in [1.807, 2.05) is 0 Å². The van der Waals surface area contributed by atoms with Crippen molar-refractivity contribution in [2.75, 3.05) is 0 Å². The molecule has 0 saturated heterocycles. The first kappa shape index (κ1) is 17.5. The Morgan fingerprint density at radius 3 is 1.92 bits per heavy atom. The van der Waals surface area contributed by atoms with E-state index >= 15 is 0 Å². The maximum atomic E-state index is 5.62. The SMILES string of the molecule is CCCCC[CH2][Mg][Cl].C[CH](C)[Mg][Cl]. The van der Waals surface area contributed by atoms with E-state index in [1.54, 1.807) is 0 Å². The fraction of sp³-hybridized carbons (Fsp3) is 1.00. The lowest BCUT2D eigenvalue weighted by molar-refractivity contribution is 0.701. The Hall–Kier alpha value is 2.11. The van der Waals surface area contributed by atoms with Crippen LogP contribution in [-0.2, 0) is 0 Å². The molecule has 0 fully saturated rings. The van der Waals surface area contributed by atoms with Crippen molar-refractivity contribution in [2.24, 2.45) is 0 Å². The molecular formula is C9H20Cl2Mg2. The quantitative estimate of drug-likeness (QED) is 0.478. The van der Waals surface area contributed by atoms with Crippen molar-refractivity contribution in [1.29, 1.82) is 0 Å². The van der Waals surface area contributed by atoms with E-state index in [0.29, 0.717) is 0 Å². The number of hydrogen-bond donors (Lipinski definition) is 0. The molecule has 0 atom stereocenters. The molecule has 0 aliphatic rings. The van der Waals surface area contributed by atoms with E-state index in [2.05, 4.69) is 20.8 Å². The van der Waals surface area contributed by atoms with Crippen LogP contribution in [0.5, 0.6) is 0 Å². The molecule has 0 heterocycles. The molecule has 0 nitrogen and oxygen atoms in total. The van der Waals surface area contributed by atoms with Crippen LogP contribution in [0.2, 0.25) is 8.60 Å². The van der Waals surface area contributed by atoms with Crippen LogP contribution in [0.25, 0.3) is 0 Å². The lowest BCUT2D eigenvalue weighted by Gasteiger charge is -1.92. The van der Waals surface area contributed by atoms with Gasteiger partial charge >= 0.3 is 38.5 Å². The molecule has 0 bridgehead atoms. The predicted molar refractivity (Wildman–Crippen MR) is 67.3 cm³/mol. The standard InChI is InChI=1S/C6H13.C3H7.2ClH.2Mg/c1-3-5-6-4-2;1-3-2;;;;/h1,3-6H2,2H3;3H,1-2H3;2*1H;;/q;;;;2*+1/p-2. The molecule has 0 amide bonds. The third-order valence-corrected chi connectivity index (χ3v) is 5.58. The molecule has 0 aromatic carbocycles. The lowest BCUT2D eigenvalue weighted by atomic mass is 10.2. The molecule has 0 unspecified atom stereocenters. The molecular weight excluding hydrogens is 228 g/mol. The molecule has 0 rings (SSSR count). The van der Waals surface area contributed by atoms with Crippen LogP contribution in [-0.4, -0.2) is 38.5 Å². The smallest absolute Gasteiger partial charge is 0.346 e. The van der Waals surface area contributed by atoms with Crippen LogP contribution in [0.4, 0.5) is 0 Å². The zero-order valence-corrected chi connectivity index (χ0v) is 13.6. The summed E-state index contributed by atoms with van der Waals surface area (Å²) >= 11 is -0.321. The molecule has 0 saturated carbocycles. The van der Waals surface area contributed by atoms with E-state index in [4.69, 9.17) is 18.1 Å². The van der Waals surface area contributed by atoms with Crippen LogP contribution >= 0.6 is 18.1 Å². The maximum Gasteiger partial charge on any atom is 0.503 e. The Labute approximate surface area is 111 Å². The highest BCUT2D eigenvalue weighted by Crippen LogP contribution is 2.02. The highest BCUT2D eigenvalue weighted by atomic mass is 35.5. The molecule has 0 radical (unpaired) electrons. The minimum atomic E-state index is -0.179. The summed E-state index contributed by atoms with van der Waals surface area (Å²) in [4.78, 5) is 0. The summed E-state index contributed by atoms with van der Waals surface area (Å²) in [7, 11) is 11.1. The first-order valence-corrected chi connectivity index (χ1v) is 11.4. The van der Waals surface area contributed by atoms with Gasteiger partial charge in [0.25, 0.3) is 0 Å². The second-order valence-corrected chi connectivity index (χ2v) is 8.74. The van der Waals surface area contributed by atoms with E-state index in [1.165, 1.54) is 30.2 Å². The van der Waals surface area contributed by atoms with E-state index in [0.717, 1.165) is 4.05 Å². The number of halogens is 2. The van der Waals surface area contributed by atoms with Gasteiger partial charge in [0, 0.05) is 0 Å². The highest BCUT2D eigenvalue weighted by Gasteiger charge is 1.92. The Bertz CT molecular complexity index is 74.0. The van der Waals surface area contributed by atoms with Crippen molar-refractivity contribution in [2.45, 2.75) is 55.1 Å². The average Bonchev–Trinajstić information content (AvgIpc) is 2.14. The first-order valence-electron chi connectivity index (χ1n) is 5.30. The highest BCUT2D eigenvalue weighted by molar-refractivity contribution is 6.94. The average molecular weight is 248 g/mol. The minimum Gasteiger partial charge on any atom is -0.346 e. The van der Waals surface area contributed by atoms with Gasteiger partial charge < -0.3 is 18.1 Å². The van der Waals surface area contributed by atoms with Crippen LogP contribution in [0, 0.1) is 0 Å². The van der Waals surface area contributed by atoms with Gasteiger partial charge in [-0.1, -0.05) is 46.5 Å². The zero-order valence-electron chi connectivity index (χ0n) is 9.28. The molecule has 0 aliphatic carbocycles. The second kappa shape index (κ2) is 16.5. The monoisotopic (exact) mass is 246 g/mol. The molecule has 0 N–H and O–H groups in total. The predicted octanol–water partition coefficient (Wildman–Crippen LogP) is 4.52. The van der Waals surface area contributed by atoms with Crippen molar-refractivity contribution >= 4 is 56.7 Å². The van der Waals surface area contributed by atoms with Crippen LogP contribution in [0.1, 0.15) is 46.5 Å². The first-order chi connectivity index (χ1) is 6.18. The normalized spacial score (nSPS) is 8.46. The number of hydrogen-bond acceptors (Lipinski definition) is 0. The number of unbranched alkanes of at least 4 members (excludes halogenated alkanes) is 3. The third-order valence-electron chi connectivity index (χ3n) is 1.55. The number of rotatable bonds is 6. The van der Waals surface area contributed by atoms with Gasteiger partial charge in [-0.3, -0.25) is 0 Å². The van der Waals surface area contributed by atoms with Gasteiger partial charge in [-0.2, -0.15) is 0 Å². The van der Waals surface area contributed by atoms with Crippen molar-refractivity contribution < 1.29 is 0 Å². The Morgan fingerprint density at radius 2 is 1.62 bits per heavy atom. The molecule has 0 aliphatic heterocycles. The lowest BCUT2D eigenvalue weighted by Crippen LogP contribution is -1.80. The van der Waals surface area contributed by atoms with Crippen molar-refractivity contribution in [3.05, 3.63) is 0 Å². The summed E-state index contributed by atoms with van der Waals surface area (Å²) < 4.78 is 2.12. The van der Waals surface area contributed by atoms with Gasteiger partial charge in [0.1, 0.15) is 0 Å². The minimum absolute atomic E-state index is 0.142. The Morgan fingerprint density at radius 1 is 1.08 bits per heavy atom. The molecule has 4 heteroatoms. The van der Waals surface area contributed by atoms with Gasteiger partial charge in [0.15, 0.2) is 0 Å². The molecule has 0 aromatic heterocycles. The molecule has 0 aromatic rings. The van der Waals surface area contributed by atoms with E-state index in [9.17, 15) is 0 Å². The van der Waals surface area contributed by atoms with Crippen molar-refractivity contribution in [3.8, 4) is 0 Å². The fourth-order valence-corrected chi connectivity index (χ4v) is 1.81. The summed E-state index contributed by atoms with van der Waals surface area (Å²) in [5, 5.41) is 0. The molecule has 74 valence electrons. The summed E-state index contributed by atoms with van der Waals surface area (Å²) in [5.74, 6) is 0. The van der Waals surface area contributed by atoms with Gasteiger partial charge in [-0.15, -0.1) is 8.60 Å². The van der Waals surface area contributed by atoms with Gasteiger partial charge in [0.05, 0.1) is 0 Å². The van der Waals surface area contributed by atoms with Gasteiger partial charge in [-0.05, 0) is 0 Å². The Kier molecular flexibility index (Phi) is 22.3. The Balaban J connectivity index is 0. The van der Waals surface area contributed by atoms with Crippen LogP contribution in [0.15, 0.2) is 0 Å². The second-order valence-electron chi connectivity index (χ2n) is 3.65. The van der Waals surface area contributed by atoms with E-state index < -0.39 is 0 Å². The third kappa shape index (κ3) is 24.9. The summed E-state index contributed by atoms with van der Waals surface area (Å²) in [6.07, 6.45) is 5.51. The summed E-state index contributed by atoms with van der Waals surface area (Å²) in [6.45, 7) is 6.54. The zero-order chi connectivity index (χ0) is 10.5. The van der Waals surface area contributed by atoms with Crippen LogP contribution in [0.3, 0.4) is 0 Å². The molecule has 0 spiro atoms. The van der Waals surface area contributed by atoms with Gasteiger partial charge in [0.2, 0.25) is 0 Å². The maximum absolute atomic E-state index is 5.62. The van der Waals surface area contributed by atoms with Crippen LogP contribution < -0.4 is 0 Å². The van der Waals surface area contributed by atoms with E-state index in [-0.39, 0.29) is 38.5 Å². The summed E-state index contributed by atoms with van der Waals surface area (Å²) in [5.41, 5.74) is 0. The topological polar surface area (TPSA) is 0 Å². The van der Waals surface area contributed by atoms with Crippen molar-refractivity contribution in [1.82, 2.24) is 0 Å². The molecule has 13 heavy (non-hydrogen) atoms. The fourth-order valence-electron chi connectivity index (χ4n) is 0.698. The largest absolute Gasteiger partial charge is 0.503 e. The van der Waals surface area contributed by atoms with Gasteiger partial charge in [-0.25, -0.2) is 0 Å². The summed E-state index contributed by atoms with van der Waals surface area (Å²) in [6, 6.07) is 0. The van der Waals surface area contributed by atoms with Crippen molar-refractivity contribution in [3.63, 3.8) is 0 Å².